The van der Waals surface area contributed by atoms with E-state index in [1.165, 1.54) is 12.8 Å². The van der Waals surface area contributed by atoms with Crippen molar-refractivity contribution >= 4 is 16.8 Å². The summed E-state index contributed by atoms with van der Waals surface area (Å²) in [6.07, 6.45) is 4.39. The molecule has 0 aliphatic rings. The van der Waals surface area contributed by atoms with E-state index in [2.05, 4.69) is 6.92 Å². The average molecular weight is 241 g/mol. The highest BCUT2D eigenvalue weighted by Gasteiger charge is 2.07. The van der Waals surface area contributed by atoms with Gasteiger partial charge in [-0.15, -0.1) is 0 Å². The van der Waals surface area contributed by atoms with Crippen molar-refractivity contribution in [1.82, 2.24) is 0 Å². The molecule has 0 amide bonds. The van der Waals surface area contributed by atoms with E-state index in [1.54, 1.807) is 19.2 Å². The van der Waals surface area contributed by atoms with Gasteiger partial charge in [-0.25, -0.2) is 0 Å². The van der Waals surface area contributed by atoms with Crippen molar-refractivity contribution in [3.05, 3.63) is 29.3 Å². The predicted molar refractivity (Wildman–Crippen MR) is 66.4 cm³/mol. The molecular formula is C13H17ClO2. The summed E-state index contributed by atoms with van der Waals surface area (Å²) in [6, 6.07) is 5.32. The molecule has 0 aliphatic heterocycles. The van der Waals surface area contributed by atoms with E-state index in [0.717, 1.165) is 24.2 Å². The number of hydrogen-bond donors (Lipinski definition) is 0. The zero-order valence-corrected chi connectivity index (χ0v) is 10.5. The van der Waals surface area contributed by atoms with E-state index in [4.69, 9.17) is 16.3 Å². The first kappa shape index (κ1) is 13.0. The fraction of sp³-hybridized carbons (Fsp3) is 0.462. The van der Waals surface area contributed by atoms with Crippen LogP contribution < -0.4 is 4.74 Å². The van der Waals surface area contributed by atoms with Crippen molar-refractivity contribution in [3.63, 3.8) is 0 Å². The lowest BCUT2D eigenvalue weighted by molar-refractivity contribution is 0.108. The summed E-state index contributed by atoms with van der Waals surface area (Å²) in [5, 5.41) is -0.417. The first-order valence-electron chi connectivity index (χ1n) is 5.55. The van der Waals surface area contributed by atoms with E-state index in [1.807, 2.05) is 6.07 Å². The Bertz CT molecular complexity index is 361. The highest BCUT2D eigenvalue weighted by atomic mass is 35.5. The number of halogens is 1. The molecule has 0 spiro atoms. The fourth-order valence-corrected chi connectivity index (χ4v) is 1.78. The maximum atomic E-state index is 11.1. The van der Waals surface area contributed by atoms with Gasteiger partial charge < -0.3 is 4.74 Å². The van der Waals surface area contributed by atoms with Crippen LogP contribution in [0.4, 0.5) is 0 Å². The van der Waals surface area contributed by atoms with Gasteiger partial charge in [-0.1, -0.05) is 19.8 Å². The average Bonchev–Trinajstić information content (AvgIpc) is 2.29. The highest BCUT2D eigenvalue weighted by molar-refractivity contribution is 6.67. The van der Waals surface area contributed by atoms with Crippen molar-refractivity contribution in [2.24, 2.45) is 0 Å². The molecule has 0 N–H and O–H groups in total. The van der Waals surface area contributed by atoms with Crippen LogP contribution in [0, 0.1) is 0 Å². The van der Waals surface area contributed by atoms with E-state index in [-0.39, 0.29) is 0 Å². The second-order valence-electron chi connectivity index (χ2n) is 3.76. The van der Waals surface area contributed by atoms with Gasteiger partial charge in [0.05, 0.1) is 7.11 Å². The number of methoxy groups -OCH3 is 1. The van der Waals surface area contributed by atoms with Crippen molar-refractivity contribution in [1.29, 1.82) is 0 Å². The Kier molecular flexibility index (Phi) is 5.33. The molecule has 1 aromatic carbocycles. The zero-order chi connectivity index (χ0) is 12.0. The first-order chi connectivity index (χ1) is 7.69. The van der Waals surface area contributed by atoms with Crippen LogP contribution in [0.3, 0.4) is 0 Å². The van der Waals surface area contributed by atoms with Crippen molar-refractivity contribution < 1.29 is 9.53 Å². The lowest BCUT2D eigenvalue weighted by Crippen LogP contribution is -1.96. The largest absolute Gasteiger partial charge is 0.496 e. The second kappa shape index (κ2) is 6.54. The standard InChI is InChI=1S/C13H17ClO2/c1-3-4-5-6-10-9-11(13(14)15)7-8-12(10)16-2/h7-9H,3-6H2,1-2H3. The number of carbonyl (C=O) groups is 1. The normalized spacial score (nSPS) is 10.2. The van der Waals surface area contributed by atoms with Crippen LogP contribution in [-0.4, -0.2) is 12.4 Å². The number of aryl methyl sites for hydroxylation is 1. The molecule has 16 heavy (non-hydrogen) atoms. The first-order valence-corrected chi connectivity index (χ1v) is 5.93. The summed E-state index contributed by atoms with van der Waals surface area (Å²) in [6.45, 7) is 2.16. The van der Waals surface area contributed by atoms with Crippen molar-refractivity contribution in [2.45, 2.75) is 32.6 Å². The number of unbranched alkanes of at least 4 members (excludes halogenated alkanes) is 2. The summed E-state index contributed by atoms with van der Waals surface area (Å²) >= 11 is 5.45. The monoisotopic (exact) mass is 240 g/mol. The molecule has 0 saturated heterocycles. The lowest BCUT2D eigenvalue weighted by Gasteiger charge is -2.09. The Morgan fingerprint density at radius 3 is 2.69 bits per heavy atom. The van der Waals surface area contributed by atoms with Crippen molar-refractivity contribution in [2.75, 3.05) is 7.11 Å². The van der Waals surface area contributed by atoms with E-state index in [0.29, 0.717) is 5.56 Å². The summed E-state index contributed by atoms with van der Waals surface area (Å²) in [5.41, 5.74) is 1.59. The quantitative estimate of drug-likeness (QED) is 0.558. The Hall–Kier alpha value is -1.02. The molecule has 0 unspecified atom stereocenters. The van der Waals surface area contributed by atoms with Crippen LogP contribution in [0.1, 0.15) is 42.1 Å². The van der Waals surface area contributed by atoms with Gasteiger partial charge in [0, 0.05) is 5.56 Å². The van der Waals surface area contributed by atoms with Crippen LogP contribution in [0.5, 0.6) is 5.75 Å². The fourth-order valence-electron chi connectivity index (χ4n) is 1.66. The van der Waals surface area contributed by atoms with Gasteiger partial charge in [-0.2, -0.15) is 0 Å². The van der Waals surface area contributed by atoms with Crippen LogP contribution >= 0.6 is 11.6 Å². The van der Waals surface area contributed by atoms with Crippen LogP contribution in [-0.2, 0) is 6.42 Å². The molecular weight excluding hydrogens is 224 g/mol. The Balaban J connectivity index is 2.84. The van der Waals surface area contributed by atoms with Gasteiger partial charge in [0.1, 0.15) is 5.75 Å². The molecule has 88 valence electrons. The van der Waals surface area contributed by atoms with E-state index >= 15 is 0 Å². The van der Waals surface area contributed by atoms with Gasteiger partial charge in [0.15, 0.2) is 0 Å². The summed E-state index contributed by atoms with van der Waals surface area (Å²) in [5.74, 6) is 0.831. The third-order valence-corrected chi connectivity index (χ3v) is 2.78. The molecule has 0 bridgehead atoms. The maximum Gasteiger partial charge on any atom is 0.252 e. The number of rotatable bonds is 6. The summed E-state index contributed by atoms with van der Waals surface area (Å²) < 4.78 is 5.26. The third-order valence-electron chi connectivity index (χ3n) is 2.56. The van der Waals surface area contributed by atoms with E-state index < -0.39 is 5.24 Å². The van der Waals surface area contributed by atoms with Gasteiger partial charge in [0.25, 0.3) is 5.24 Å². The van der Waals surface area contributed by atoms with Crippen molar-refractivity contribution in [3.8, 4) is 5.75 Å². The number of hydrogen-bond acceptors (Lipinski definition) is 2. The highest BCUT2D eigenvalue weighted by Crippen LogP contribution is 2.22. The summed E-state index contributed by atoms with van der Waals surface area (Å²) in [7, 11) is 1.64. The van der Waals surface area contributed by atoms with Crippen LogP contribution in [0.2, 0.25) is 0 Å². The number of ether oxygens (including phenoxy) is 1. The second-order valence-corrected chi connectivity index (χ2v) is 4.10. The minimum Gasteiger partial charge on any atom is -0.496 e. The lowest BCUT2D eigenvalue weighted by atomic mass is 10.0. The maximum absolute atomic E-state index is 11.1. The summed E-state index contributed by atoms with van der Waals surface area (Å²) in [4.78, 5) is 11.1. The molecule has 0 radical (unpaired) electrons. The predicted octanol–water partition coefficient (Wildman–Crippen LogP) is 3.81. The molecule has 0 saturated carbocycles. The van der Waals surface area contributed by atoms with Gasteiger partial charge in [0.2, 0.25) is 0 Å². The van der Waals surface area contributed by atoms with E-state index in [9.17, 15) is 4.79 Å². The van der Waals surface area contributed by atoms with Gasteiger partial charge >= 0.3 is 0 Å². The molecule has 0 heterocycles. The molecule has 2 nitrogen and oxygen atoms in total. The zero-order valence-electron chi connectivity index (χ0n) is 9.75. The number of benzene rings is 1. The molecule has 3 heteroatoms. The molecule has 0 fully saturated rings. The SMILES string of the molecule is CCCCCc1cc(C(=O)Cl)ccc1OC. The van der Waals surface area contributed by atoms with Gasteiger partial charge in [-0.3, -0.25) is 4.79 Å². The Morgan fingerprint density at radius 1 is 1.38 bits per heavy atom. The minimum atomic E-state index is -0.417. The molecule has 0 aromatic heterocycles. The number of carbonyl (C=O) groups excluding carboxylic acids is 1. The Labute approximate surface area is 102 Å². The third kappa shape index (κ3) is 3.53. The molecule has 1 rings (SSSR count). The molecule has 1 aromatic rings. The minimum absolute atomic E-state index is 0.417. The molecule has 0 aliphatic carbocycles. The van der Waals surface area contributed by atoms with Gasteiger partial charge in [-0.05, 0) is 48.2 Å². The smallest absolute Gasteiger partial charge is 0.252 e. The Morgan fingerprint density at radius 2 is 2.12 bits per heavy atom. The molecule has 0 atom stereocenters. The topological polar surface area (TPSA) is 26.3 Å². The van der Waals surface area contributed by atoms with Crippen LogP contribution in [0.25, 0.3) is 0 Å². The van der Waals surface area contributed by atoms with Crippen LogP contribution in [0.15, 0.2) is 18.2 Å².